The molecule has 0 aromatic heterocycles. The van der Waals surface area contributed by atoms with E-state index >= 15 is 0 Å². The van der Waals surface area contributed by atoms with Crippen molar-refractivity contribution in [1.82, 2.24) is 0 Å². The third-order valence-electron chi connectivity index (χ3n) is 5.65. The number of carboxylic acid groups (broad SMARTS) is 1. The van der Waals surface area contributed by atoms with Gasteiger partial charge in [-0.05, 0) is 43.0 Å². The summed E-state index contributed by atoms with van der Waals surface area (Å²) in [6.07, 6.45) is 25.0. The third kappa shape index (κ3) is 26.1. The first-order valence-electron chi connectivity index (χ1n) is 12.6. The van der Waals surface area contributed by atoms with Crippen LogP contribution in [0, 0.1) is 0 Å². The Kier molecular flexibility index (Phi) is 28.2. The smallest absolute Gasteiger partial charge is 0.303 e. The monoisotopic (exact) mass is 450 g/mol. The molecule has 1 unspecified atom stereocenters. The number of aliphatic carboxylic acids is 1. The summed E-state index contributed by atoms with van der Waals surface area (Å²) in [5, 5.41) is 8.77. The quantitative estimate of drug-likeness (QED) is 0.173. The van der Waals surface area contributed by atoms with Gasteiger partial charge in [-0.3, -0.25) is 4.79 Å². The molecule has 0 amide bonds. The van der Waals surface area contributed by atoms with E-state index < -0.39 is 5.97 Å². The van der Waals surface area contributed by atoms with Gasteiger partial charge in [0.15, 0.2) is 0 Å². The summed E-state index contributed by atoms with van der Waals surface area (Å²) in [5.41, 5.74) is 0. The lowest BCUT2D eigenvalue weighted by atomic mass is 10.0. The molecule has 176 valence electrons. The van der Waals surface area contributed by atoms with Gasteiger partial charge in [0.25, 0.3) is 0 Å². The lowest BCUT2D eigenvalue weighted by molar-refractivity contribution is -0.137. The molecule has 0 aliphatic rings. The van der Waals surface area contributed by atoms with E-state index in [0.29, 0.717) is 17.3 Å². The van der Waals surface area contributed by atoms with Crippen LogP contribution >= 0.6 is 0 Å². The summed E-state index contributed by atoms with van der Waals surface area (Å²) >= 11 is 0. The minimum atomic E-state index is -0.639. The third-order valence-corrected chi connectivity index (χ3v) is 8.24. The second kappa shape index (κ2) is 26.1. The standard InChI is InChI=1S/C25H50O2S.ClH/c1-3-5-7-8-9-10-11-12-13-14-15-16-17-19-23-28(22-6-4-2)24-20-18-21-25(26)27;/h3-24H2,1-2H3;1H. The predicted octanol–water partition coefficient (Wildman–Crippen LogP) is 5.15. The number of hydrogen-bond acceptors (Lipinski definition) is 1. The zero-order chi connectivity index (χ0) is 20.7. The molecule has 0 saturated heterocycles. The molecule has 0 spiro atoms. The number of halogens is 1. The number of unbranched alkanes of at least 4 members (excludes halogenated alkanes) is 15. The maximum Gasteiger partial charge on any atom is 0.303 e. The van der Waals surface area contributed by atoms with Gasteiger partial charge in [0.2, 0.25) is 0 Å². The van der Waals surface area contributed by atoms with Gasteiger partial charge in [0.05, 0.1) is 0 Å². The van der Waals surface area contributed by atoms with Crippen LogP contribution in [0.15, 0.2) is 0 Å². The van der Waals surface area contributed by atoms with Gasteiger partial charge in [-0.15, -0.1) is 0 Å². The molecule has 0 aliphatic carbocycles. The highest BCUT2D eigenvalue weighted by atomic mass is 35.5. The van der Waals surface area contributed by atoms with Crippen molar-refractivity contribution < 1.29 is 22.3 Å². The molecule has 0 aliphatic heterocycles. The van der Waals surface area contributed by atoms with Crippen LogP contribution in [0.2, 0.25) is 0 Å². The zero-order valence-corrected chi connectivity index (χ0v) is 21.3. The Morgan fingerprint density at radius 2 is 0.897 bits per heavy atom. The highest BCUT2D eigenvalue weighted by Gasteiger charge is 2.16. The van der Waals surface area contributed by atoms with Crippen molar-refractivity contribution in [2.24, 2.45) is 0 Å². The Bertz CT molecular complexity index is 326. The van der Waals surface area contributed by atoms with Crippen molar-refractivity contribution in [3.8, 4) is 0 Å². The first-order valence-corrected chi connectivity index (χ1v) is 14.3. The van der Waals surface area contributed by atoms with Crippen LogP contribution in [0.4, 0.5) is 0 Å². The van der Waals surface area contributed by atoms with E-state index in [-0.39, 0.29) is 12.4 Å². The fraction of sp³-hybridized carbons (Fsp3) is 0.960. The SMILES string of the molecule is CCCCCCCCCCCCCCCC[S+](CCCC)CCCCC(=O)O.[Cl-]. The maximum absolute atomic E-state index is 10.6. The second-order valence-corrected chi connectivity index (χ2v) is 11.0. The molecular formula is C25H51ClO2S. The maximum atomic E-state index is 10.6. The molecule has 0 fully saturated rings. The molecule has 0 aromatic carbocycles. The first-order chi connectivity index (χ1) is 13.7. The summed E-state index contributed by atoms with van der Waals surface area (Å²) in [4.78, 5) is 10.6. The molecule has 0 radical (unpaired) electrons. The van der Waals surface area contributed by atoms with E-state index in [9.17, 15) is 4.79 Å². The Labute approximate surface area is 192 Å². The first kappa shape index (κ1) is 31.3. The van der Waals surface area contributed by atoms with Crippen molar-refractivity contribution in [3.63, 3.8) is 0 Å². The molecule has 1 N–H and O–H groups in total. The highest BCUT2D eigenvalue weighted by molar-refractivity contribution is 7.96. The largest absolute Gasteiger partial charge is 1.00 e. The normalized spacial score (nSPS) is 11.9. The summed E-state index contributed by atoms with van der Waals surface area (Å²) in [7, 11) is 0.552. The van der Waals surface area contributed by atoms with Gasteiger partial charge >= 0.3 is 5.97 Å². The van der Waals surface area contributed by atoms with Crippen LogP contribution < -0.4 is 12.4 Å². The molecule has 1 atom stereocenters. The van der Waals surface area contributed by atoms with Crippen LogP contribution in [0.5, 0.6) is 0 Å². The van der Waals surface area contributed by atoms with E-state index in [0.717, 1.165) is 12.8 Å². The lowest BCUT2D eigenvalue weighted by Gasteiger charge is -2.09. The molecule has 0 heterocycles. The van der Waals surface area contributed by atoms with E-state index in [1.54, 1.807) is 0 Å². The molecule has 2 nitrogen and oxygen atoms in total. The zero-order valence-electron chi connectivity index (χ0n) is 19.7. The molecule has 0 saturated carbocycles. The van der Waals surface area contributed by atoms with E-state index in [1.807, 2.05) is 0 Å². The molecular weight excluding hydrogens is 400 g/mol. The average molecular weight is 451 g/mol. The van der Waals surface area contributed by atoms with Gasteiger partial charge < -0.3 is 17.5 Å². The van der Waals surface area contributed by atoms with Gasteiger partial charge in [0.1, 0.15) is 17.3 Å². The summed E-state index contributed by atoms with van der Waals surface area (Å²) in [5.74, 6) is 3.40. The average Bonchev–Trinajstić information content (AvgIpc) is 2.68. The fourth-order valence-corrected chi connectivity index (χ4v) is 6.27. The molecule has 0 aromatic rings. The second-order valence-electron chi connectivity index (χ2n) is 8.53. The van der Waals surface area contributed by atoms with Gasteiger partial charge in [0, 0.05) is 6.42 Å². The molecule has 4 heteroatoms. The van der Waals surface area contributed by atoms with Gasteiger partial charge in [-0.2, -0.15) is 0 Å². The minimum absolute atomic E-state index is 0. The lowest BCUT2D eigenvalue weighted by Crippen LogP contribution is -3.00. The van der Waals surface area contributed by atoms with Gasteiger partial charge in [-0.25, -0.2) is 0 Å². The Morgan fingerprint density at radius 3 is 1.31 bits per heavy atom. The van der Waals surface area contributed by atoms with Crippen LogP contribution in [0.1, 0.15) is 136 Å². The molecule has 0 bridgehead atoms. The molecule has 0 rings (SSSR count). The number of carboxylic acids is 1. The Hall–Kier alpha value is 0.110. The fourth-order valence-electron chi connectivity index (χ4n) is 3.74. The van der Waals surface area contributed by atoms with E-state index in [4.69, 9.17) is 5.11 Å². The summed E-state index contributed by atoms with van der Waals surface area (Å²) in [6, 6.07) is 0. The van der Waals surface area contributed by atoms with Crippen molar-refractivity contribution in [2.45, 2.75) is 136 Å². The Morgan fingerprint density at radius 1 is 0.552 bits per heavy atom. The summed E-state index contributed by atoms with van der Waals surface area (Å²) < 4.78 is 0. The Balaban J connectivity index is 0. The van der Waals surface area contributed by atoms with Crippen LogP contribution in [0.25, 0.3) is 0 Å². The van der Waals surface area contributed by atoms with Crippen molar-refractivity contribution in [2.75, 3.05) is 17.3 Å². The van der Waals surface area contributed by atoms with Crippen LogP contribution in [0.3, 0.4) is 0 Å². The number of hydrogen-bond donors (Lipinski definition) is 1. The number of rotatable bonds is 23. The van der Waals surface area contributed by atoms with Crippen LogP contribution in [-0.4, -0.2) is 28.3 Å². The molecule has 29 heavy (non-hydrogen) atoms. The summed E-state index contributed by atoms with van der Waals surface area (Å²) in [6.45, 7) is 4.56. The van der Waals surface area contributed by atoms with Crippen LogP contribution in [-0.2, 0) is 15.7 Å². The van der Waals surface area contributed by atoms with Crippen molar-refractivity contribution >= 4 is 16.9 Å². The van der Waals surface area contributed by atoms with Crippen molar-refractivity contribution in [1.29, 1.82) is 0 Å². The highest BCUT2D eigenvalue weighted by Crippen LogP contribution is 2.14. The number of carbonyl (C=O) groups is 1. The van der Waals surface area contributed by atoms with Crippen molar-refractivity contribution in [3.05, 3.63) is 0 Å². The minimum Gasteiger partial charge on any atom is -1.00 e. The van der Waals surface area contributed by atoms with E-state index in [1.165, 1.54) is 120 Å². The topological polar surface area (TPSA) is 37.3 Å². The van der Waals surface area contributed by atoms with E-state index in [2.05, 4.69) is 13.8 Å². The predicted molar refractivity (Wildman–Crippen MR) is 129 cm³/mol. The van der Waals surface area contributed by atoms with Gasteiger partial charge in [-0.1, -0.05) is 97.3 Å².